The van der Waals surface area contributed by atoms with Crippen LogP contribution < -0.4 is 11.5 Å². The highest BCUT2D eigenvalue weighted by Gasteiger charge is 2.10. The van der Waals surface area contributed by atoms with Crippen LogP contribution in [0.3, 0.4) is 0 Å². The number of thiazole rings is 1. The second-order valence-electron chi connectivity index (χ2n) is 2.72. The first-order valence-corrected chi connectivity index (χ1v) is 4.42. The summed E-state index contributed by atoms with van der Waals surface area (Å²) in [7, 11) is 0. The van der Waals surface area contributed by atoms with Crippen LogP contribution in [0.5, 0.6) is 0 Å². The van der Waals surface area contributed by atoms with E-state index in [1.165, 1.54) is 11.3 Å². The van der Waals surface area contributed by atoms with Gasteiger partial charge in [0.1, 0.15) is 0 Å². The number of nitrogens with zero attached hydrogens (tertiary/aromatic N) is 1. The zero-order valence-corrected chi connectivity index (χ0v) is 7.61. The van der Waals surface area contributed by atoms with Gasteiger partial charge in [0.25, 0.3) is 0 Å². The molecule has 0 aromatic carbocycles. The Morgan fingerprint density at radius 3 is 2.55 bits per heavy atom. The lowest BCUT2D eigenvalue weighted by Crippen LogP contribution is -1.99. The molecule has 0 atom stereocenters. The smallest absolute Gasteiger partial charge is 0.180 e. The molecule has 0 amide bonds. The largest absolute Gasteiger partial charge is 0.375 e. The zero-order chi connectivity index (χ0) is 8.43. The van der Waals surface area contributed by atoms with E-state index in [2.05, 4.69) is 18.8 Å². The fourth-order valence-electron chi connectivity index (χ4n) is 0.980. The number of nitrogen functional groups attached to an aromatic ring is 1. The fourth-order valence-corrected chi connectivity index (χ4v) is 1.85. The first-order valence-electron chi connectivity index (χ1n) is 3.60. The first kappa shape index (κ1) is 8.49. The lowest BCUT2D eigenvalue weighted by atomic mass is 10.1. The van der Waals surface area contributed by atoms with Gasteiger partial charge in [0, 0.05) is 11.4 Å². The van der Waals surface area contributed by atoms with Gasteiger partial charge in [-0.1, -0.05) is 13.8 Å². The van der Waals surface area contributed by atoms with Crippen molar-refractivity contribution in [3.05, 3.63) is 10.6 Å². The minimum absolute atomic E-state index is 0.419. The van der Waals surface area contributed by atoms with Gasteiger partial charge in [-0.2, -0.15) is 0 Å². The van der Waals surface area contributed by atoms with Crippen LogP contribution in [-0.4, -0.2) is 4.98 Å². The van der Waals surface area contributed by atoms with Crippen molar-refractivity contribution in [2.24, 2.45) is 5.73 Å². The molecule has 4 N–H and O–H groups in total. The third kappa shape index (κ3) is 1.70. The molecule has 1 heterocycles. The highest BCUT2D eigenvalue weighted by atomic mass is 32.1. The van der Waals surface area contributed by atoms with Gasteiger partial charge >= 0.3 is 0 Å². The predicted molar refractivity (Wildman–Crippen MR) is 48.5 cm³/mol. The molecular weight excluding hydrogens is 158 g/mol. The van der Waals surface area contributed by atoms with E-state index >= 15 is 0 Å². The molecule has 0 aliphatic carbocycles. The number of nitrogens with two attached hydrogens (primary N) is 2. The van der Waals surface area contributed by atoms with E-state index in [-0.39, 0.29) is 0 Å². The molecule has 1 aromatic rings. The number of anilines is 1. The molecule has 1 rings (SSSR count). The predicted octanol–water partition coefficient (Wildman–Crippen LogP) is 1.31. The SMILES string of the molecule is CC(C)c1nc(N)sc1CN. The average molecular weight is 171 g/mol. The van der Waals surface area contributed by atoms with Gasteiger partial charge in [0.15, 0.2) is 5.13 Å². The highest BCUT2D eigenvalue weighted by molar-refractivity contribution is 7.15. The van der Waals surface area contributed by atoms with Crippen molar-refractivity contribution in [1.82, 2.24) is 4.98 Å². The summed E-state index contributed by atoms with van der Waals surface area (Å²) in [5.74, 6) is 0.419. The number of hydrogen-bond acceptors (Lipinski definition) is 4. The Bertz CT molecular complexity index is 242. The third-order valence-electron chi connectivity index (χ3n) is 1.48. The quantitative estimate of drug-likeness (QED) is 0.705. The van der Waals surface area contributed by atoms with Crippen LogP contribution >= 0.6 is 11.3 Å². The van der Waals surface area contributed by atoms with Gasteiger partial charge in [-0.05, 0) is 5.92 Å². The summed E-state index contributed by atoms with van der Waals surface area (Å²) in [6.45, 7) is 4.73. The summed E-state index contributed by atoms with van der Waals surface area (Å²) in [6.07, 6.45) is 0. The first-order chi connectivity index (χ1) is 5.15. The molecule has 0 fully saturated rings. The van der Waals surface area contributed by atoms with Crippen LogP contribution in [0.2, 0.25) is 0 Å². The van der Waals surface area contributed by atoms with Crippen molar-refractivity contribution in [1.29, 1.82) is 0 Å². The van der Waals surface area contributed by atoms with E-state index in [9.17, 15) is 0 Å². The van der Waals surface area contributed by atoms with E-state index in [0.717, 1.165) is 10.6 Å². The second kappa shape index (κ2) is 3.19. The average Bonchev–Trinajstić information content (AvgIpc) is 2.30. The van der Waals surface area contributed by atoms with E-state index in [4.69, 9.17) is 11.5 Å². The van der Waals surface area contributed by atoms with E-state index < -0.39 is 0 Å². The minimum atomic E-state index is 0.419. The molecule has 0 spiro atoms. The Kier molecular flexibility index (Phi) is 2.46. The lowest BCUT2D eigenvalue weighted by Gasteiger charge is -2.01. The summed E-state index contributed by atoms with van der Waals surface area (Å²) in [5.41, 5.74) is 12.1. The molecule has 0 aliphatic heterocycles. The zero-order valence-electron chi connectivity index (χ0n) is 6.79. The normalized spacial score (nSPS) is 10.9. The van der Waals surface area contributed by atoms with Crippen LogP contribution in [0.25, 0.3) is 0 Å². The molecule has 0 radical (unpaired) electrons. The van der Waals surface area contributed by atoms with Crippen molar-refractivity contribution in [3.8, 4) is 0 Å². The van der Waals surface area contributed by atoms with Crippen molar-refractivity contribution in [2.45, 2.75) is 26.3 Å². The van der Waals surface area contributed by atoms with E-state index in [1.54, 1.807) is 0 Å². The molecule has 0 bridgehead atoms. The fraction of sp³-hybridized carbons (Fsp3) is 0.571. The number of aromatic nitrogens is 1. The molecule has 0 saturated carbocycles. The molecule has 11 heavy (non-hydrogen) atoms. The van der Waals surface area contributed by atoms with Gasteiger partial charge in [0.2, 0.25) is 0 Å². The summed E-state index contributed by atoms with van der Waals surface area (Å²) in [5, 5.41) is 0.620. The van der Waals surface area contributed by atoms with Gasteiger partial charge in [-0.25, -0.2) is 4.98 Å². The van der Waals surface area contributed by atoms with Gasteiger partial charge in [-0.3, -0.25) is 0 Å². The summed E-state index contributed by atoms with van der Waals surface area (Å²) < 4.78 is 0. The molecule has 3 nitrogen and oxygen atoms in total. The Balaban J connectivity index is 3.02. The maximum atomic E-state index is 5.54. The van der Waals surface area contributed by atoms with Crippen molar-refractivity contribution < 1.29 is 0 Å². The lowest BCUT2D eigenvalue weighted by molar-refractivity contribution is 0.814. The number of rotatable bonds is 2. The molecule has 62 valence electrons. The monoisotopic (exact) mass is 171 g/mol. The third-order valence-corrected chi connectivity index (χ3v) is 2.40. The summed E-state index contributed by atoms with van der Waals surface area (Å²) in [4.78, 5) is 5.31. The van der Waals surface area contributed by atoms with Crippen LogP contribution in [0, 0.1) is 0 Å². The number of hydrogen-bond donors (Lipinski definition) is 2. The highest BCUT2D eigenvalue weighted by Crippen LogP contribution is 2.25. The van der Waals surface area contributed by atoms with Crippen LogP contribution in [0.15, 0.2) is 0 Å². The Morgan fingerprint density at radius 1 is 1.55 bits per heavy atom. The Labute approximate surface area is 70.4 Å². The molecule has 0 unspecified atom stereocenters. The maximum absolute atomic E-state index is 5.54. The van der Waals surface area contributed by atoms with Gasteiger partial charge < -0.3 is 11.5 Å². The van der Waals surface area contributed by atoms with Crippen molar-refractivity contribution >= 4 is 16.5 Å². The van der Waals surface area contributed by atoms with Crippen molar-refractivity contribution in [2.75, 3.05) is 5.73 Å². The van der Waals surface area contributed by atoms with E-state index in [1.807, 2.05) is 0 Å². The standard InChI is InChI=1S/C7H13N3S/c1-4(2)6-5(3-8)11-7(9)10-6/h4H,3,8H2,1-2H3,(H2,9,10). The van der Waals surface area contributed by atoms with Crippen LogP contribution in [0.4, 0.5) is 5.13 Å². The van der Waals surface area contributed by atoms with Crippen LogP contribution in [0.1, 0.15) is 30.3 Å². The maximum Gasteiger partial charge on any atom is 0.180 e. The molecular formula is C7H13N3S. The molecule has 1 aromatic heterocycles. The van der Waals surface area contributed by atoms with Crippen molar-refractivity contribution in [3.63, 3.8) is 0 Å². The van der Waals surface area contributed by atoms with Gasteiger partial charge in [0.05, 0.1) is 5.69 Å². The molecule has 0 saturated heterocycles. The summed E-state index contributed by atoms with van der Waals surface area (Å²) >= 11 is 1.48. The van der Waals surface area contributed by atoms with E-state index in [0.29, 0.717) is 17.6 Å². The molecule has 4 heteroatoms. The topological polar surface area (TPSA) is 64.9 Å². The summed E-state index contributed by atoms with van der Waals surface area (Å²) in [6, 6.07) is 0. The van der Waals surface area contributed by atoms with Crippen LogP contribution in [-0.2, 0) is 6.54 Å². The second-order valence-corrected chi connectivity index (χ2v) is 3.83. The minimum Gasteiger partial charge on any atom is -0.375 e. The molecule has 0 aliphatic rings. The van der Waals surface area contributed by atoms with Gasteiger partial charge in [-0.15, -0.1) is 11.3 Å². The Hall–Kier alpha value is -0.610. The Morgan fingerprint density at radius 2 is 2.18 bits per heavy atom.